The van der Waals surface area contributed by atoms with Crippen molar-refractivity contribution in [3.05, 3.63) is 26.7 Å². The van der Waals surface area contributed by atoms with Crippen LogP contribution in [0.25, 0.3) is 11.2 Å². The van der Waals surface area contributed by atoms with Crippen molar-refractivity contribution in [3.63, 3.8) is 0 Å². The largest absolute Gasteiger partial charge is 0.336 e. The van der Waals surface area contributed by atoms with Gasteiger partial charge in [0.05, 0.1) is 0 Å². The summed E-state index contributed by atoms with van der Waals surface area (Å²) >= 11 is 0. The van der Waals surface area contributed by atoms with Gasteiger partial charge in [0.1, 0.15) is 11.3 Å². The maximum atomic E-state index is 11.6. The molecule has 2 aromatic heterocycles. The lowest BCUT2D eigenvalue weighted by atomic mass is 9.92. The Balaban J connectivity index is 2.66. The number of rotatable bonds is 1. The van der Waals surface area contributed by atoms with E-state index in [0.717, 1.165) is 12.2 Å². The normalized spacial score (nSPS) is 12.2. The number of imidazole rings is 1. The maximum Gasteiger partial charge on any atom is 0.329 e. The Morgan fingerprint density at radius 1 is 1.24 bits per heavy atom. The summed E-state index contributed by atoms with van der Waals surface area (Å²) in [4.78, 5) is 32.5. The molecule has 0 bridgehead atoms. The van der Waals surface area contributed by atoms with Crippen molar-refractivity contribution >= 4 is 11.2 Å². The van der Waals surface area contributed by atoms with E-state index < -0.39 is 11.2 Å². The summed E-state index contributed by atoms with van der Waals surface area (Å²) in [5.74, 6) is 0.721. The number of H-pyrrole nitrogens is 2. The maximum absolute atomic E-state index is 11.6. The molecule has 0 aliphatic rings. The number of nitrogens with zero attached hydrogens (tertiary/aromatic N) is 2. The summed E-state index contributed by atoms with van der Waals surface area (Å²) in [5.41, 5.74) is -0.0455. The van der Waals surface area contributed by atoms with Gasteiger partial charge in [-0.3, -0.25) is 14.3 Å². The molecule has 6 heteroatoms. The highest BCUT2D eigenvalue weighted by atomic mass is 16.2. The summed E-state index contributed by atoms with van der Waals surface area (Å²) < 4.78 is 1.33. The average molecular weight is 236 g/mol. The van der Waals surface area contributed by atoms with E-state index in [-0.39, 0.29) is 5.41 Å². The predicted molar refractivity (Wildman–Crippen MR) is 65.1 cm³/mol. The van der Waals surface area contributed by atoms with Crippen LogP contribution in [-0.4, -0.2) is 19.5 Å². The summed E-state index contributed by atoms with van der Waals surface area (Å²) in [6.45, 7) is 6.26. The third kappa shape index (κ3) is 2.15. The first-order valence-corrected chi connectivity index (χ1v) is 5.46. The number of hydrogen-bond acceptors (Lipinski definition) is 3. The van der Waals surface area contributed by atoms with Crippen molar-refractivity contribution in [1.29, 1.82) is 0 Å². The Labute approximate surface area is 97.7 Å². The lowest BCUT2D eigenvalue weighted by molar-refractivity contribution is 0.402. The standard InChI is InChI=1S/C11H16N4O2/c1-11(2,3)5-6-12-7-8(13-6)15(4)10(17)14-9(7)16/h5H2,1-4H3,(H,12,13)(H,14,16,17). The van der Waals surface area contributed by atoms with Crippen LogP contribution in [0.3, 0.4) is 0 Å². The van der Waals surface area contributed by atoms with Gasteiger partial charge in [-0.25, -0.2) is 9.78 Å². The van der Waals surface area contributed by atoms with E-state index in [0.29, 0.717) is 11.2 Å². The molecule has 0 spiro atoms. The minimum absolute atomic E-state index is 0.0690. The fourth-order valence-corrected chi connectivity index (χ4v) is 1.74. The van der Waals surface area contributed by atoms with Gasteiger partial charge < -0.3 is 4.98 Å². The molecule has 92 valence electrons. The zero-order valence-corrected chi connectivity index (χ0v) is 10.4. The number of aryl methyl sites for hydroxylation is 1. The molecule has 0 unspecified atom stereocenters. The van der Waals surface area contributed by atoms with E-state index in [2.05, 4.69) is 35.7 Å². The predicted octanol–water partition coefficient (Wildman–Crippen LogP) is 0.538. The van der Waals surface area contributed by atoms with Gasteiger partial charge in [0.2, 0.25) is 0 Å². The molecule has 2 aromatic rings. The number of nitrogens with one attached hydrogen (secondary N) is 2. The van der Waals surface area contributed by atoms with Crippen molar-refractivity contribution in [2.24, 2.45) is 12.5 Å². The monoisotopic (exact) mass is 236 g/mol. The van der Waals surface area contributed by atoms with Crippen LogP contribution in [0, 0.1) is 5.41 Å². The molecular weight excluding hydrogens is 220 g/mol. The molecule has 0 saturated carbocycles. The second-order valence-corrected chi connectivity index (χ2v) is 5.44. The van der Waals surface area contributed by atoms with Crippen molar-refractivity contribution in [2.45, 2.75) is 27.2 Å². The first-order valence-electron chi connectivity index (χ1n) is 5.46. The number of hydrogen-bond donors (Lipinski definition) is 2. The van der Waals surface area contributed by atoms with Crippen LogP contribution in [0.4, 0.5) is 0 Å². The highest BCUT2D eigenvalue weighted by molar-refractivity contribution is 5.69. The van der Waals surface area contributed by atoms with Gasteiger partial charge in [0, 0.05) is 13.5 Å². The molecule has 2 heterocycles. The quantitative estimate of drug-likeness (QED) is 0.758. The summed E-state index contributed by atoms with van der Waals surface area (Å²) in [7, 11) is 1.59. The molecule has 0 atom stereocenters. The molecule has 0 aliphatic heterocycles. The molecule has 17 heavy (non-hydrogen) atoms. The fraction of sp³-hybridized carbons (Fsp3) is 0.545. The van der Waals surface area contributed by atoms with Crippen molar-refractivity contribution < 1.29 is 0 Å². The molecule has 6 nitrogen and oxygen atoms in total. The number of aromatic nitrogens is 4. The molecule has 0 saturated heterocycles. The lowest BCUT2D eigenvalue weighted by Gasteiger charge is -2.15. The average Bonchev–Trinajstić information content (AvgIpc) is 2.56. The van der Waals surface area contributed by atoms with Crippen LogP contribution < -0.4 is 11.2 Å². The smallest absolute Gasteiger partial charge is 0.329 e. The topological polar surface area (TPSA) is 83.5 Å². The van der Waals surface area contributed by atoms with Gasteiger partial charge in [0.15, 0.2) is 5.65 Å². The molecule has 0 amide bonds. The van der Waals surface area contributed by atoms with Crippen LogP contribution in [-0.2, 0) is 13.5 Å². The van der Waals surface area contributed by atoms with Crippen LogP contribution >= 0.6 is 0 Å². The number of aromatic amines is 2. The highest BCUT2D eigenvalue weighted by Gasteiger charge is 2.16. The Morgan fingerprint density at radius 2 is 1.88 bits per heavy atom. The molecule has 0 radical (unpaired) electrons. The van der Waals surface area contributed by atoms with Gasteiger partial charge >= 0.3 is 5.69 Å². The minimum atomic E-state index is -0.448. The molecule has 0 fully saturated rings. The lowest BCUT2D eigenvalue weighted by Crippen LogP contribution is -2.28. The van der Waals surface area contributed by atoms with Crippen molar-refractivity contribution in [3.8, 4) is 0 Å². The van der Waals surface area contributed by atoms with Crippen LogP contribution in [0.5, 0.6) is 0 Å². The van der Waals surface area contributed by atoms with E-state index in [1.54, 1.807) is 7.05 Å². The second-order valence-electron chi connectivity index (χ2n) is 5.44. The molecule has 0 aliphatic carbocycles. The zero-order valence-electron chi connectivity index (χ0n) is 10.4. The van der Waals surface area contributed by atoms with Gasteiger partial charge in [-0.1, -0.05) is 20.8 Å². The van der Waals surface area contributed by atoms with E-state index in [9.17, 15) is 9.59 Å². The Kier molecular flexibility index (Phi) is 2.45. The van der Waals surface area contributed by atoms with Crippen molar-refractivity contribution in [1.82, 2.24) is 19.5 Å². The molecule has 0 aromatic carbocycles. The van der Waals surface area contributed by atoms with Crippen LogP contribution in [0.2, 0.25) is 0 Å². The van der Waals surface area contributed by atoms with Crippen LogP contribution in [0.1, 0.15) is 26.6 Å². The van der Waals surface area contributed by atoms with E-state index in [1.807, 2.05) is 0 Å². The number of fused-ring (bicyclic) bond motifs is 1. The summed E-state index contributed by atoms with van der Waals surface area (Å²) in [6, 6.07) is 0. The molecule has 2 N–H and O–H groups in total. The Bertz CT molecular complexity index is 669. The first kappa shape index (κ1) is 11.6. The highest BCUT2D eigenvalue weighted by Crippen LogP contribution is 2.19. The SMILES string of the molecule is Cn1c(=O)[nH]c(=O)c2[nH]c(CC(C)(C)C)nc21. The zero-order chi connectivity index (χ0) is 12.8. The third-order valence-electron chi connectivity index (χ3n) is 2.50. The molecule has 2 rings (SSSR count). The van der Waals surface area contributed by atoms with E-state index in [4.69, 9.17) is 0 Å². The Hall–Kier alpha value is -1.85. The first-order chi connectivity index (χ1) is 7.78. The second kappa shape index (κ2) is 3.58. The van der Waals surface area contributed by atoms with E-state index >= 15 is 0 Å². The fourth-order valence-electron chi connectivity index (χ4n) is 1.74. The van der Waals surface area contributed by atoms with Gasteiger partial charge in [-0.05, 0) is 5.41 Å². The summed E-state index contributed by atoms with van der Waals surface area (Å²) in [6.07, 6.45) is 0.718. The Morgan fingerprint density at radius 3 is 2.47 bits per heavy atom. The van der Waals surface area contributed by atoms with Gasteiger partial charge in [-0.2, -0.15) is 0 Å². The summed E-state index contributed by atoms with van der Waals surface area (Å²) in [5, 5.41) is 0. The van der Waals surface area contributed by atoms with Crippen LogP contribution in [0.15, 0.2) is 9.59 Å². The third-order valence-corrected chi connectivity index (χ3v) is 2.50. The van der Waals surface area contributed by atoms with Crippen molar-refractivity contribution in [2.75, 3.05) is 0 Å². The van der Waals surface area contributed by atoms with Gasteiger partial charge in [-0.15, -0.1) is 0 Å². The van der Waals surface area contributed by atoms with E-state index in [1.165, 1.54) is 4.57 Å². The molecular formula is C11H16N4O2. The minimum Gasteiger partial charge on any atom is -0.336 e. The van der Waals surface area contributed by atoms with Gasteiger partial charge in [0.25, 0.3) is 5.56 Å².